The first-order valence-electron chi connectivity index (χ1n) is 4.08. The summed E-state index contributed by atoms with van der Waals surface area (Å²) in [7, 11) is 0. The third-order valence-electron chi connectivity index (χ3n) is 1.53. The van der Waals surface area contributed by atoms with Crippen LogP contribution in [0.2, 0.25) is 0 Å². The van der Waals surface area contributed by atoms with Gasteiger partial charge in [-0.05, 0) is 19.3 Å². The Labute approximate surface area is 89.0 Å². The van der Waals surface area contributed by atoms with Crippen LogP contribution in [0.25, 0.3) is 0 Å². The second-order valence-electron chi connectivity index (χ2n) is 2.75. The van der Waals surface area contributed by atoms with Gasteiger partial charge in [0.25, 0.3) is 0 Å². The summed E-state index contributed by atoms with van der Waals surface area (Å²) < 4.78 is 0. The van der Waals surface area contributed by atoms with E-state index in [0.29, 0.717) is 19.4 Å². The molecule has 0 saturated heterocycles. The van der Waals surface area contributed by atoms with Crippen LogP contribution < -0.4 is 17.2 Å². The van der Waals surface area contributed by atoms with E-state index in [-0.39, 0.29) is 18.4 Å². The summed E-state index contributed by atoms with van der Waals surface area (Å²) in [6.45, 7) is 0.522. The minimum absolute atomic E-state index is 0. The molecule has 0 radical (unpaired) electrons. The van der Waals surface area contributed by atoms with Crippen molar-refractivity contribution in [3.05, 3.63) is 0 Å². The Hall–Kier alpha value is -1.01. The topological polar surface area (TPSA) is 128 Å². The third-order valence-corrected chi connectivity index (χ3v) is 1.53. The number of carbonyl (C=O) groups is 1. The predicted molar refractivity (Wildman–Crippen MR) is 57.4 cm³/mol. The Morgan fingerprint density at radius 1 is 1.36 bits per heavy atom. The number of nitrogens with two attached hydrogens (primary N) is 3. The molecule has 1 unspecified atom stereocenters. The number of hydrogen-bond acceptors (Lipinski definition) is 3. The van der Waals surface area contributed by atoms with Crippen molar-refractivity contribution in [3.8, 4) is 0 Å². The number of guanidine groups is 1. The summed E-state index contributed by atoms with van der Waals surface area (Å²) in [4.78, 5) is 14.0. The van der Waals surface area contributed by atoms with Gasteiger partial charge in [0.05, 0.1) is 0 Å². The quantitative estimate of drug-likeness (QED) is 0.269. The van der Waals surface area contributed by atoms with E-state index in [2.05, 4.69) is 4.99 Å². The highest BCUT2D eigenvalue weighted by molar-refractivity contribution is 5.85. The fraction of sp³-hybridized carbons (Fsp3) is 0.714. The zero-order valence-corrected chi connectivity index (χ0v) is 8.67. The van der Waals surface area contributed by atoms with Crippen LogP contribution in [0.4, 0.5) is 0 Å². The van der Waals surface area contributed by atoms with Crippen molar-refractivity contribution < 1.29 is 9.90 Å². The first-order valence-corrected chi connectivity index (χ1v) is 4.08. The summed E-state index contributed by atoms with van der Waals surface area (Å²) in [5.41, 5.74) is 15.5. The van der Waals surface area contributed by atoms with Gasteiger partial charge >= 0.3 is 5.97 Å². The smallest absolute Gasteiger partial charge is 0.320 e. The number of hydrogen-bond donors (Lipinski definition) is 4. The standard InChI is InChI=1S/C7H16N4O2.ClH/c8-5(6(12)13)3-1-2-4-11-7(9)10;/h5H,1-4,8H2,(H,12,13)(H4,9,10,11);1H. The number of carboxylic acids is 1. The minimum Gasteiger partial charge on any atom is -0.480 e. The molecule has 0 aliphatic heterocycles. The van der Waals surface area contributed by atoms with Gasteiger partial charge in [0.2, 0.25) is 0 Å². The van der Waals surface area contributed by atoms with E-state index in [0.717, 1.165) is 6.42 Å². The fourth-order valence-corrected chi connectivity index (χ4v) is 0.808. The van der Waals surface area contributed by atoms with Gasteiger partial charge in [0.1, 0.15) is 6.04 Å². The molecule has 7 N–H and O–H groups in total. The summed E-state index contributed by atoms with van der Waals surface area (Å²) in [5.74, 6) is -0.913. The van der Waals surface area contributed by atoms with Crippen LogP contribution in [-0.2, 0) is 4.79 Å². The normalized spacial score (nSPS) is 11.2. The molecule has 0 aromatic carbocycles. The minimum atomic E-state index is -0.971. The maximum absolute atomic E-state index is 10.3. The lowest BCUT2D eigenvalue weighted by Gasteiger charge is -2.04. The number of unbranched alkanes of at least 4 members (excludes halogenated alkanes) is 1. The number of aliphatic carboxylic acids is 1. The molecular weight excluding hydrogens is 208 g/mol. The van der Waals surface area contributed by atoms with Crippen LogP contribution in [0.1, 0.15) is 19.3 Å². The van der Waals surface area contributed by atoms with E-state index < -0.39 is 12.0 Å². The van der Waals surface area contributed by atoms with Crippen LogP contribution >= 0.6 is 12.4 Å². The van der Waals surface area contributed by atoms with Crippen LogP contribution in [0.5, 0.6) is 0 Å². The van der Waals surface area contributed by atoms with Crippen LogP contribution in [0.15, 0.2) is 4.99 Å². The molecule has 0 aromatic heterocycles. The fourth-order valence-electron chi connectivity index (χ4n) is 0.808. The van der Waals surface area contributed by atoms with Crippen LogP contribution in [0, 0.1) is 0 Å². The van der Waals surface area contributed by atoms with Crippen molar-refractivity contribution in [2.24, 2.45) is 22.2 Å². The summed E-state index contributed by atoms with van der Waals surface area (Å²) in [5, 5.41) is 8.43. The highest BCUT2D eigenvalue weighted by Crippen LogP contribution is 1.99. The highest BCUT2D eigenvalue weighted by atomic mass is 35.5. The van der Waals surface area contributed by atoms with Gasteiger partial charge in [-0.25, -0.2) is 0 Å². The first-order chi connectivity index (χ1) is 6.04. The zero-order chi connectivity index (χ0) is 10.3. The lowest BCUT2D eigenvalue weighted by Crippen LogP contribution is -2.29. The van der Waals surface area contributed by atoms with Crippen molar-refractivity contribution in [2.45, 2.75) is 25.3 Å². The van der Waals surface area contributed by atoms with Crippen LogP contribution in [-0.4, -0.2) is 29.6 Å². The molecule has 0 fully saturated rings. The summed E-state index contributed by atoms with van der Waals surface area (Å²) in [6.07, 6.45) is 1.92. The van der Waals surface area contributed by atoms with Crippen molar-refractivity contribution in [1.29, 1.82) is 0 Å². The number of halogens is 1. The van der Waals surface area contributed by atoms with E-state index in [1.165, 1.54) is 0 Å². The summed E-state index contributed by atoms with van der Waals surface area (Å²) in [6, 6.07) is -0.779. The van der Waals surface area contributed by atoms with Gasteiger partial charge in [-0.3, -0.25) is 9.79 Å². The molecule has 0 amide bonds. The van der Waals surface area contributed by atoms with Crippen LogP contribution in [0.3, 0.4) is 0 Å². The second-order valence-corrected chi connectivity index (χ2v) is 2.75. The van der Waals surface area contributed by atoms with E-state index >= 15 is 0 Å². The maximum atomic E-state index is 10.3. The maximum Gasteiger partial charge on any atom is 0.320 e. The molecule has 0 bridgehead atoms. The number of carboxylic acid groups (broad SMARTS) is 1. The van der Waals surface area contributed by atoms with Gasteiger partial charge in [-0.2, -0.15) is 0 Å². The second kappa shape index (κ2) is 8.58. The van der Waals surface area contributed by atoms with E-state index in [4.69, 9.17) is 22.3 Å². The average Bonchev–Trinajstić information content (AvgIpc) is 2.02. The molecule has 7 heteroatoms. The molecule has 0 aliphatic rings. The SMILES string of the molecule is Cl.NC(N)=NCCCCC(N)C(=O)O. The van der Waals surface area contributed by atoms with Crippen molar-refractivity contribution in [1.82, 2.24) is 0 Å². The van der Waals surface area contributed by atoms with Crippen molar-refractivity contribution >= 4 is 24.3 Å². The van der Waals surface area contributed by atoms with Gasteiger partial charge in [-0.15, -0.1) is 12.4 Å². The number of aliphatic imine (C=N–C) groups is 1. The number of rotatable bonds is 6. The van der Waals surface area contributed by atoms with Gasteiger partial charge < -0.3 is 22.3 Å². The molecular formula is C7H17ClN4O2. The molecule has 0 saturated carbocycles. The van der Waals surface area contributed by atoms with E-state index in [9.17, 15) is 4.79 Å². The molecule has 0 rings (SSSR count). The predicted octanol–water partition coefficient (Wildman–Crippen LogP) is -0.736. The van der Waals surface area contributed by atoms with E-state index in [1.807, 2.05) is 0 Å². The Bertz CT molecular complexity index is 194. The van der Waals surface area contributed by atoms with Crippen molar-refractivity contribution in [2.75, 3.05) is 6.54 Å². The molecule has 84 valence electrons. The molecule has 1 atom stereocenters. The Morgan fingerprint density at radius 2 is 1.93 bits per heavy atom. The largest absolute Gasteiger partial charge is 0.480 e. The lowest BCUT2D eigenvalue weighted by molar-refractivity contribution is -0.138. The molecule has 0 heterocycles. The van der Waals surface area contributed by atoms with Gasteiger partial charge in [0, 0.05) is 6.54 Å². The Kier molecular flexibility index (Phi) is 9.48. The first kappa shape index (κ1) is 15.5. The molecule has 6 nitrogen and oxygen atoms in total. The zero-order valence-electron chi connectivity index (χ0n) is 7.85. The van der Waals surface area contributed by atoms with E-state index in [1.54, 1.807) is 0 Å². The third kappa shape index (κ3) is 9.08. The number of nitrogens with zero attached hydrogens (tertiary/aromatic N) is 1. The Morgan fingerprint density at radius 3 is 2.36 bits per heavy atom. The molecule has 14 heavy (non-hydrogen) atoms. The van der Waals surface area contributed by atoms with Gasteiger partial charge in [0.15, 0.2) is 5.96 Å². The average molecular weight is 225 g/mol. The highest BCUT2D eigenvalue weighted by Gasteiger charge is 2.09. The lowest BCUT2D eigenvalue weighted by atomic mass is 10.1. The van der Waals surface area contributed by atoms with Crippen molar-refractivity contribution in [3.63, 3.8) is 0 Å². The monoisotopic (exact) mass is 224 g/mol. The van der Waals surface area contributed by atoms with Gasteiger partial charge in [-0.1, -0.05) is 0 Å². The molecule has 0 spiro atoms. The molecule has 0 aromatic rings. The Balaban J connectivity index is 0. The summed E-state index contributed by atoms with van der Waals surface area (Å²) >= 11 is 0. The molecule has 0 aliphatic carbocycles.